The van der Waals surface area contributed by atoms with E-state index < -0.39 is 25.0 Å². The van der Waals surface area contributed by atoms with E-state index in [1.54, 1.807) is 24.3 Å². The van der Waals surface area contributed by atoms with E-state index in [4.69, 9.17) is 14.9 Å². The molecule has 7 heteroatoms. The largest absolute Gasteiger partial charge is 0.494 e. The molecule has 0 aliphatic carbocycles. The van der Waals surface area contributed by atoms with Crippen LogP contribution in [-0.2, 0) is 9.59 Å². The fourth-order valence-electron chi connectivity index (χ4n) is 1.41. The summed E-state index contributed by atoms with van der Waals surface area (Å²) in [6.45, 7) is 1.50. The monoisotopic (exact) mass is 280 g/mol. The summed E-state index contributed by atoms with van der Waals surface area (Å²) >= 11 is 0. The van der Waals surface area contributed by atoms with Gasteiger partial charge in [-0.3, -0.25) is 14.6 Å². The predicted octanol–water partition coefficient (Wildman–Crippen LogP) is 0.890. The first-order valence-electron chi connectivity index (χ1n) is 5.96. The Hall–Kier alpha value is -2.57. The molecule has 0 bridgehead atoms. The van der Waals surface area contributed by atoms with Gasteiger partial charge in [0.1, 0.15) is 18.8 Å². The number of carboxylic acid groups (broad SMARTS) is 2. The number of rotatable bonds is 8. The van der Waals surface area contributed by atoms with Gasteiger partial charge in [-0.2, -0.15) is 5.10 Å². The van der Waals surface area contributed by atoms with Gasteiger partial charge in [0.05, 0.1) is 12.8 Å². The summed E-state index contributed by atoms with van der Waals surface area (Å²) in [6, 6.07) is 7.00. The molecule has 108 valence electrons. The van der Waals surface area contributed by atoms with Gasteiger partial charge in [0.15, 0.2) is 0 Å². The van der Waals surface area contributed by atoms with Crippen LogP contribution in [0.4, 0.5) is 0 Å². The first-order chi connectivity index (χ1) is 9.51. The molecule has 0 aliphatic rings. The Kier molecular flexibility index (Phi) is 6.02. The van der Waals surface area contributed by atoms with Crippen molar-refractivity contribution in [3.05, 3.63) is 29.8 Å². The minimum Gasteiger partial charge on any atom is -0.494 e. The molecule has 0 unspecified atom stereocenters. The zero-order valence-electron chi connectivity index (χ0n) is 11.0. The van der Waals surface area contributed by atoms with Crippen LogP contribution in [0.5, 0.6) is 5.75 Å². The number of ether oxygens (including phenoxy) is 1. The molecule has 0 aromatic heterocycles. The molecule has 0 amide bonds. The van der Waals surface area contributed by atoms with Crippen molar-refractivity contribution in [3.8, 4) is 5.75 Å². The molecule has 2 N–H and O–H groups in total. The van der Waals surface area contributed by atoms with Crippen molar-refractivity contribution in [2.24, 2.45) is 5.10 Å². The molecule has 0 saturated carbocycles. The molecular formula is C13H16N2O5. The predicted molar refractivity (Wildman–Crippen MR) is 72.0 cm³/mol. The van der Waals surface area contributed by atoms with Crippen molar-refractivity contribution in [1.82, 2.24) is 5.01 Å². The molecule has 0 radical (unpaired) electrons. The van der Waals surface area contributed by atoms with Crippen LogP contribution in [0.25, 0.3) is 0 Å². The van der Waals surface area contributed by atoms with Crippen molar-refractivity contribution >= 4 is 18.2 Å². The standard InChI is InChI=1S/C13H16N2O5/c1-2-20-11-5-3-10(4-6-11)7-14-15(8-12(16)17)9-13(18)19/h3-7H,2,8-9H2,1H3,(H,16,17)(H,18,19)/b14-7-. The number of hydrogen-bond donors (Lipinski definition) is 2. The SMILES string of the molecule is CCOc1ccc(/C=N\N(CC(=O)O)CC(=O)O)cc1. The third-order valence-corrected chi connectivity index (χ3v) is 2.20. The Morgan fingerprint density at radius 3 is 2.20 bits per heavy atom. The van der Waals surface area contributed by atoms with Crippen LogP contribution in [0.1, 0.15) is 12.5 Å². The fraction of sp³-hybridized carbons (Fsp3) is 0.308. The number of benzene rings is 1. The van der Waals surface area contributed by atoms with Gasteiger partial charge in [-0.1, -0.05) is 0 Å². The Bertz CT molecular complexity index is 468. The summed E-state index contributed by atoms with van der Waals surface area (Å²) in [5.41, 5.74) is 0.717. The third-order valence-electron chi connectivity index (χ3n) is 2.20. The molecule has 7 nitrogen and oxygen atoms in total. The van der Waals surface area contributed by atoms with E-state index in [1.165, 1.54) is 6.21 Å². The van der Waals surface area contributed by atoms with Gasteiger partial charge < -0.3 is 14.9 Å². The number of nitrogens with zero attached hydrogens (tertiary/aromatic N) is 2. The first-order valence-corrected chi connectivity index (χ1v) is 5.96. The number of hydrazone groups is 1. The van der Waals surface area contributed by atoms with Gasteiger partial charge in [0.25, 0.3) is 0 Å². The van der Waals surface area contributed by atoms with Crippen LogP contribution < -0.4 is 4.74 Å². The average molecular weight is 280 g/mol. The number of carboxylic acids is 2. The van der Waals surface area contributed by atoms with E-state index in [1.807, 2.05) is 6.92 Å². The maximum absolute atomic E-state index is 10.6. The summed E-state index contributed by atoms with van der Waals surface area (Å²) in [7, 11) is 0. The van der Waals surface area contributed by atoms with Crippen LogP contribution in [0.15, 0.2) is 29.4 Å². The second-order valence-electron chi connectivity index (χ2n) is 3.86. The Morgan fingerprint density at radius 2 is 1.75 bits per heavy atom. The highest BCUT2D eigenvalue weighted by molar-refractivity contribution is 5.80. The van der Waals surface area contributed by atoms with Gasteiger partial charge >= 0.3 is 11.9 Å². The van der Waals surface area contributed by atoms with Crippen molar-refractivity contribution in [3.63, 3.8) is 0 Å². The maximum Gasteiger partial charge on any atom is 0.324 e. The molecule has 1 rings (SSSR count). The van der Waals surface area contributed by atoms with Gasteiger partial charge in [0.2, 0.25) is 0 Å². The van der Waals surface area contributed by atoms with Crippen molar-refractivity contribution in [1.29, 1.82) is 0 Å². The van der Waals surface area contributed by atoms with E-state index in [0.717, 1.165) is 10.8 Å². The van der Waals surface area contributed by atoms with Gasteiger partial charge in [-0.05, 0) is 36.8 Å². The minimum atomic E-state index is -1.14. The molecule has 0 heterocycles. The molecule has 0 spiro atoms. The second kappa shape index (κ2) is 7.78. The lowest BCUT2D eigenvalue weighted by Crippen LogP contribution is -2.30. The lowest BCUT2D eigenvalue weighted by molar-refractivity contribution is -0.141. The van der Waals surface area contributed by atoms with Gasteiger partial charge in [-0.25, -0.2) is 0 Å². The van der Waals surface area contributed by atoms with E-state index in [0.29, 0.717) is 12.2 Å². The van der Waals surface area contributed by atoms with Gasteiger partial charge in [-0.15, -0.1) is 0 Å². The summed E-state index contributed by atoms with van der Waals surface area (Å²) in [6.07, 6.45) is 1.40. The van der Waals surface area contributed by atoms with Crippen LogP contribution in [0, 0.1) is 0 Å². The topological polar surface area (TPSA) is 99.4 Å². The zero-order valence-corrected chi connectivity index (χ0v) is 11.0. The van der Waals surface area contributed by atoms with Crippen molar-refractivity contribution in [2.45, 2.75) is 6.92 Å². The number of aliphatic carboxylic acids is 2. The first kappa shape index (κ1) is 15.5. The Morgan fingerprint density at radius 1 is 1.20 bits per heavy atom. The lowest BCUT2D eigenvalue weighted by Gasteiger charge is -2.13. The fourth-order valence-corrected chi connectivity index (χ4v) is 1.41. The second-order valence-corrected chi connectivity index (χ2v) is 3.86. The van der Waals surface area contributed by atoms with Crippen LogP contribution in [0.2, 0.25) is 0 Å². The van der Waals surface area contributed by atoms with E-state index in [9.17, 15) is 9.59 Å². The molecule has 1 aromatic rings. The minimum absolute atomic E-state index is 0.472. The molecular weight excluding hydrogens is 264 g/mol. The summed E-state index contributed by atoms with van der Waals surface area (Å²) < 4.78 is 5.28. The molecule has 20 heavy (non-hydrogen) atoms. The Labute approximate surface area is 116 Å². The summed E-state index contributed by atoms with van der Waals surface area (Å²) in [5, 5.41) is 22.1. The van der Waals surface area contributed by atoms with Crippen LogP contribution >= 0.6 is 0 Å². The molecule has 0 saturated heterocycles. The van der Waals surface area contributed by atoms with Crippen LogP contribution in [-0.4, -0.2) is 53.1 Å². The highest BCUT2D eigenvalue weighted by Crippen LogP contribution is 2.10. The van der Waals surface area contributed by atoms with E-state index in [-0.39, 0.29) is 0 Å². The summed E-state index contributed by atoms with van der Waals surface area (Å²) in [4.78, 5) is 21.2. The molecule has 0 aliphatic heterocycles. The lowest BCUT2D eigenvalue weighted by atomic mass is 10.2. The highest BCUT2D eigenvalue weighted by atomic mass is 16.5. The summed E-state index contributed by atoms with van der Waals surface area (Å²) in [5.74, 6) is -1.57. The van der Waals surface area contributed by atoms with E-state index in [2.05, 4.69) is 5.10 Å². The quantitative estimate of drug-likeness (QED) is 0.542. The third kappa shape index (κ3) is 5.85. The average Bonchev–Trinajstić information content (AvgIpc) is 2.36. The van der Waals surface area contributed by atoms with Gasteiger partial charge in [0, 0.05) is 0 Å². The molecule has 1 aromatic carbocycles. The number of hydrogen-bond acceptors (Lipinski definition) is 5. The highest BCUT2D eigenvalue weighted by Gasteiger charge is 2.10. The van der Waals surface area contributed by atoms with Crippen LogP contribution in [0.3, 0.4) is 0 Å². The molecule has 0 fully saturated rings. The van der Waals surface area contributed by atoms with E-state index >= 15 is 0 Å². The van der Waals surface area contributed by atoms with Crippen molar-refractivity contribution < 1.29 is 24.5 Å². The molecule has 0 atom stereocenters. The Balaban J connectivity index is 2.70. The number of carbonyl (C=O) groups is 2. The maximum atomic E-state index is 10.6. The zero-order chi connectivity index (χ0) is 15.0. The smallest absolute Gasteiger partial charge is 0.324 e. The van der Waals surface area contributed by atoms with Crippen molar-refractivity contribution in [2.75, 3.05) is 19.7 Å². The normalized spacial score (nSPS) is 10.4.